The molecule has 33 heavy (non-hydrogen) atoms. The van der Waals surface area contributed by atoms with Crippen LogP contribution in [-0.2, 0) is 22.6 Å². The van der Waals surface area contributed by atoms with Crippen LogP contribution in [0.2, 0.25) is 0 Å². The maximum atomic E-state index is 13.2. The summed E-state index contributed by atoms with van der Waals surface area (Å²) in [5.41, 5.74) is 1.19. The molecule has 0 aliphatic rings. The smallest absolute Gasteiger partial charge is 0.242 e. The first kappa shape index (κ1) is 26.7. The van der Waals surface area contributed by atoms with Gasteiger partial charge in [-0.15, -0.1) is 0 Å². The van der Waals surface area contributed by atoms with Gasteiger partial charge in [0.1, 0.15) is 5.76 Å². The summed E-state index contributed by atoms with van der Waals surface area (Å²) in [6.45, 7) is 6.04. The van der Waals surface area contributed by atoms with E-state index in [1.165, 1.54) is 37.7 Å². The van der Waals surface area contributed by atoms with Gasteiger partial charge in [0.25, 0.3) is 0 Å². The molecular weight excluding hydrogens is 412 g/mol. The minimum Gasteiger partial charge on any atom is -0.467 e. The summed E-state index contributed by atoms with van der Waals surface area (Å²) >= 11 is 0. The van der Waals surface area contributed by atoms with Crippen LogP contribution in [0, 0.1) is 0 Å². The molecule has 2 rings (SSSR count). The Balaban J connectivity index is 1.89. The highest BCUT2D eigenvalue weighted by Crippen LogP contribution is 2.12. The van der Waals surface area contributed by atoms with E-state index in [1.54, 1.807) is 11.2 Å². The summed E-state index contributed by atoms with van der Waals surface area (Å²) in [5, 5.41) is 0. The molecule has 0 radical (unpaired) electrons. The normalized spacial score (nSPS) is 10.8. The minimum atomic E-state index is -0.0244. The molecule has 1 aromatic carbocycles. The van der Waals surface area contributed by atoms with Crippen molar-refractivity contribution in [1.82, 2.24) is 9.80 Å². The number of carbonyl (C=O) groups excluding carboxylic acids is 2. The Labute approximate surface area is 200 Å². The van der Waals surface area contributed by atoms with E-state index in [9.17, 15) is 9.59 Å². The molecule has 0 fully saturated rings. The van der Waals surface area contributed by atoms with Crippen LogP contribution in [0.3, 0.4) is 0 Å². The van der Waals surface area contributed by atoms with E-state index in [4.69, 9.17) is 4.42 Å². The second-order valence-corrected chi connectivity index (χ2v) is 8.82. The van der Waals surface area contributed by atoms with Gasteiger partial charge in [0.05, 0.1) is 19.4 Å². The van der Waals surface area contributed by atoms with E-state index in [-0.39, 0.29) is 18.4 Å². The van der Waals surface area contributed by atoms with Crippen LogP contribution in [-0.4, -0.2) is 41.2 Å². The Morgan fingerprint density at radius 2 is 1.48 bits per heavy atom. The van der Waals surface area contributed by atoms with Crippen molar-refractivity contribution < 1.29 is 14.0 Å². The summed E-state index contributed by atoms with van der Waals surface area (Å²) in [5.74, 6) is 0.830. The Kier molecular flexibility index (Phi) is 13.0. The molecule has 0 bridgehead atoms. The summed E-state index contributed by atoms with van der Waals surface area (Å²) in [7, 11) is 0. The van der Waals surface area contributed by atoms with Gasteiger partial charge in [-0.2, -0.15) is 0 Å². The van der Waals surface area contributed by atoms with Gasteiger partial charge < -0.3 is 14.2 Å². The third-order valence-electron chi connectivity index (χ3n) is 5.96. The topological polar surface area (TPSA) is 53.8 Å². The summed E-state index contributed by atoms with van der Waals surface area (Å²) in [6, 6.07) is 13.9. The zero-order chi connectivity index (χ0) is 23.7. The fraction of sp³-hybridized carbons (Fsp3) is 0.571. The Bertz CT molecular complexity index is 774. The average Bonchev–Trinajstić information content (AvgIpc) is 3.34. The van der Waals surface area contributed by atoms with E-state index in [1.807, 2.05) is 35.2 Å². The largest absolute Gasteiger partial charge is 0.467 e. The highest BCUT2D eigenvalue weighted by Gasteiger charge is 2.21. The standard InChI is InChI=1S/C28H42N2O3/c1-3-5-6-7-8-9-13-18-27(31)29(20-4-2)24-28(32)30(23-26-17-14-22-33-26)21-19-25-15-11-10-12-16-25/h10-12,14-17,22H,3-9,13,18-21,23-24H2,1-2H3. The fourth-order valence-electron chi connectivity index (χ4n) is 4.01. The molecule has 182 valence electrons. The van der Waals surface area contributed by atoms with Crippen LogP contribution in [0.25, 0.3) is 0 Å². The van der Waals surface area contributed by atoms with Crippen LogP contribution in [0.4, 0.5) is 0 Å². The number of benzene rings is 1. The van der Waals surface area contributed by atoms with Gasteiger partial charge in [-0.05, 0) is 37.0 Å². The predicted octanol–water partition coefficient (Wildman–Crippen LogP) is 6.23. The minimum absolute atomic E-state index is 0.0244. The van der Waals surface area contributed by atoms with Crippen LogP contribution < -0.4 is 0 Å². The Morgan fingerprint density at radius 1 is 0.758 bits per heavy atom. The first-order chi connectivity index (χ1) is 16.1. The number of nitrogens with zero attached hydrogens (tertiary/aromatic N) is 2. The molecule has 0 spiro atoms. The van der Waals surface area contributed by atoms with E-state index in [2.05, 4.69) is 26.0 Å². The molecule has 0 saturated carbocycles. The molecule has 0 N–H and O–H groups in total. The van der Waals surface area contributed by atoms with Crippen molar-refractivity contribution in [2.45, 2.75) is 84.6 Å². The van der Waals surface area contributed by atoms with Gasteiger partial charge in [-0.3, -0.25) is 9.59 Å². The molecule has 1 heterocycles. The number of unbranched alkanes of at least 4 members (excludes halogenated alkanes) is 6. The van der Waals surface area contributed by atoms with Gasteiger partial charge in [0.15, 0.2) is 0 Å². The lowest BCUT2D eigenvalue weighted by molar-refractivity contribution is -0.141. The van der Waals surface area contributed by atoms with E-state index in [0.29, 0.717) is 26.1 Å². The lowest BCUT2D eigenvalue weighted by Gasteiger charge is -2.27. The van der Waals surface area contributed by atoms with Gasteiger partial charge in [0.2, 0.25) is 11.8 Å². The first-order valence-electron chi connectivity index (χ1n) is 12.8. The summed E-state index contributed by atoms with van der Waals surface area (Å²) in [4.78, 5) is 29.7. The number of hydrogen-bond acceptors (Lipinski definition) is 3. The van der Waals surface area contributed by atoms with E-state index in [0.717, 1.165) is 31.4 Å². The van der Waals surface area contributed by atoms with Crippen LogP contribution >= 0.6 is 0 Å². The van der Waals surface area contributed by atoms with Crippen molar-refractivity contribution in [3.05, 3.63) is 60.1 Å². The van der Waals surface area contributed by atoms with Crippen molar-refractivity contribution in [3.63, 3.8) is 0 Å². The molecule has 2 amide bonds. The number of rotatable bonds is 17. The van der Waals surface area contributed by atoms with Crippen LogP contribution in [0.5, 0.6) is 0 Å². The van der Waals surface area contributed by atoms with Crippen molar-refractivity contribution in [2.24, 2.45) is 0 Å². The number of amides is 2. The number of hydrogen-bond donors (Lipinski definition) is 0. The third-order valence-corrected chi connectivity index (χ3v) is 5.96. The second kappa shape index (κ2) is 16.1. The summed E-state index contributed by atoms with van der Waals surface area (Å²) in [6.07, 6.45) is 12.0. The highest BCUT2D eigenvalue weighted by atomic mass is 16.3. The van der Waals surface area contributed by atoms with Crippen molar-refractivity contribution in [2.75, 3.05) is 19.6 Å². The van der Waals surface area contributed by atoms with Crippen molar-refractivity contribution in [1.29, 1.82) is 0 Å². The molecule has 0 unspecified atom stereocenters. The molecule has 2 aromatic rings. The van der Waals surface area contributed by atoms with Crippen LogP contribution in [0.1, 0.15) is 83.0 Å². The lowest BCUT2D eigenvalue weighted by atomic mass is 10.1. The van der Waals surface area contributed by atoms with Gasteiger partial charge in [-0.25, -0.2) is 0 Å². The first-order valence-corrected chi connectivity index (χ1v) is 12.8. The molecule has 0 aliphatic heterocycles. The molecule has 0 aliphatic carbocycles. The zero-order valence-corrected chi connectivity index (χ0v) is 20.6. The van der Waals surface area contributed by atoms with E-state index >= 15 is 0 Å². The molecule has 5 heteroatoms. The highest BCUT2D eigenvalue weighted by molar-refractivity contribution is 5.84. The molecule has 0 saturated heterocycles. The predicted molar refractivity (Wildman–Crippen MR) is 134 cm³/mol. The fourth-order valence-corrected chi connectivity index (χ4v) is 4.01. The lowest BCUT2D eigenvalue weighted by Crippen LogP contribution is -2.43. The van der Waals surface area contributed by atoms with Crippen molar-refractivity contribution >= 4 is 11.8 Å². The van der Waals surface area contributed by atoms with Crippen LogP contribution in [0.15, 0.2) is 53.1 Å². The Morgan fingerprint density at radius 3 is 2.15 bits per heavy atom. The van der Waals surface area contributed by atoms with Gasteiger partial charge >= 0.3 is 0 Å². The molecular formula is C28H42N2O3. The molecule has 1 aromatic heterocycles. The maximum absolute atomic E-state index is 13.2. The van der Waals surface area contributed by atoms with E-state index < -0.39 is 0 Å². The molecule has 5 nitrogen and oxygen atoms in total. The third kappa shape index (κ3) is 10.7. The quantitative estimate of drug-likeness (QED) is 0.266. The zero-order valence-electron chi connectivity index (χ0n) is 20.6. The second-order valence-electron chi connectivity index (χ2n) is 8.82. The monoisotopic (exact) mass is 454 g/mol. The maximum Gasteiger partial charge on any atom is 0.242 e. The average molecular weight is 455 g/mol. The molecule has 0 atom stereocenters. The Hall–Kier alpha value is -2.56. The van der Waals surface area contributed by atoms with Gasteiger partial charge in [-0.1, -0.05) is 82.7 Å². The van der Waals surface area contributed by atoms with Gasteiger partial charge in [0, 0.05) is 19.5 Å². The SMILES string of the molecule is CCCCCCCCCC(=O)N(CCC)CC(=O)N(CCc1ccccc1)Cc1ccco1. The summed E-state index contributed by atoms with van der Waals surface area (Å²) < 4.78 is 5.49. The number of furan rings is 1. The number of carbonyl (C=O) groups is 2. The van der Waals surface area contributed by atoms with Crippen molar-refractivity contribution in [3.8, 4) is 0 Å².